The lowest BCUT2D eigenvalue weighted by molar-refractivity contribution is -0.384. The smallest absolute Gasteiger partial charge is 0.290 e. The van der Waals surface area contributed by atoms with Crippen LogP contribution in [0.4, 0.5) is 5.69 Å². The van der Waals surface area contributed by atoms with Crippen LogP contribution in [0.25, 0.3) is 11.3 Å². The Bertz CT molecular complexity index is 1030. The molecule has 1 aliphatic heterocycles. The van der Waals surface area contributed by atoms with E-state index in [9.17, 15) is 14.9 Å². The third-order valence-corrected chi connectivity index (χ3v) is 5.10. The number of non-ortho nitro benzene ring substituents is 1. The van der Waals surface area contributed by atoms with Crippen molar-refractivity contribution in [3.8, 4) is 11.3 Å². The first-order chi connectivity index (χ1) is 13.5. The summed E-state index contributed by atoms with van der Waals surface area (Å²) >= 11 is 6.16. The molecule has 0 spiro atoms. The maximum absolute atomic E-state index is 13.0. The number of carbonyl (C=O) groups excluding carboxylic acids is 1. The van der Waals surface area contributed by atoms with Gasteiger partial charge in [0.05, 0.1) is 21.7 Å². The predicted octanol–water partition coefficient (Wildman–Crippen LogP) is 4.88. The molecule has 0 N–H and O–H groups in total. The molecule has 7 nitrogen and oxygen atoms in total. The zero-order valence-corrected chi connectivity index (χ0v) is 15.5. The van der Waals surface area contributed by atoms with E-state index in [0.29, 0.717) is 17.9 Å². The number of amides is 1. The van der Waals surface area contributed by atoms with Gasteiger partial charge in [0.1, 0.15) is 5.76 Å². The standard InChI is InChI=1S/C20H16ClN3O4/c21-15-12-13(24(26)27)6-7-14(15)18-8-9-19(28-18)20(25)23-11-3-5-17(23)16-4-1-2-10-22-16/h1-2,4,6-10,12,17H,3,5,11H2. The van der Waals surface area contributed by atoms with Gasteiger partial charge in [0, 0.05) is 30.4 Å². The maximum atomic E-state index is 13.0. The fourth-order valence-corrected chi connectivity index (χ4v) is 3.71. The van der Waals surface area contributed by atoms with E-state index < -0.39 is 4.92 Å². The van der Waals surface area contributed by atoms with Gasteiger partial charge in [-0.25, -0.2) is 0 Å². The Balaban J connectivity index is 1.59. The highest BCUT2D eigenvalue weighted by Crippen LogP contribution is 2.35. The monoisotopic (exact) mass is 397 g/mol. The Labute approximate surface area is 165 Å². The molecule has 1 aromatic carbocycles. The van der Waals surface area contributed by atoms with Crippen LogP contribution in [-0.4, -0.2) is 27.3 Å². The fourth-order valence-electron chi connectivity index (χ4n) is 3.45. The van der Waals surface area contributed by atoms with Crippen LogP contribution in [0.5, 0.6) is 0 Å². The number of pyridine rings is 1. The van der Waals surface area contributed by atoms with Crippen LogP contribution in [0.2, 0.25) is 5.02 Å². The van der Waals surface area contributed by atoms with Gasteiger partial charge in [-0.15, -0.1) is 0 Å². The molecule has 1 atom stereocenters. The highest BCUT2D eigenvalue weighted by Gasteiger charge is 2.33. The number of nitro benzene ring substituents is 1. The molecule has 1 amide bonds. The van der Waals surface area contributed by atoms with Crippen molar-refractivity contribution >= 4 is 23.2 Å². The lowest BCUT2D eigenvalue weighted by Crippen LogP contribution is -2.30. The third kappa shape index (κ3) is 3.36. The summed E-state index contributed by atoms with van der Waals surface area (Å²) in [6.45, 7) is 0.633. The summed E-state index contributed by atoms with van der Waals surface area (Å²) in [4.78, 5) is 29.5. The van der Waals surface area contributed by atoms with Crippen LogP contribution in [0.3, 0.4) is 0 Å². The van der Waals surface area contributed by atoms with Crippen molar-refractivity contribution in [1.29, 1.82) is 0 Å². The van der Waals surface area contributed by atoms with Crippen LogP contribution < -0.4 is 0 Å². The van der Waals surface area contributed by atoms with E-state index in [1.807, 2.05) is 18.2 Å². The van der Waals surface area contributed by atoms with Crippen molar-refractivity contribution in [2.45, 2.75) is 18.9 Å². The van der Waals surface area contributed by atoms with Gasteiger partial charge in [-0.1, -0.05) is 17.7 Å². The number of hydrogen-bond donors (Lipinski definition) is 0. The van der Waals surface area contributed by atoms with Crippen molar-refractivity contribution in [2.75, 3.05) is 6.54 Å². The number of halogens is 1. The van der Waals surface area contributed by atoms with Gasteiger partial charge in [0.15, 0.2) is 5.76 Å². The second-order valence-corrected chi connectivity index (χ2v) is 6.90. The number of aromatic nitrogens is 1. The number of carbonyl (C=O) groups is 1. The highest BCUT2D eigenvalue weighted by molar-refractivity contribution is 6.33. The van der Waals surface area contributed by atoms with Crippen LogP contribution in [0, 0.1) is 10.1 Å². The van der Waals surface area contributed by atoms with E-state index in [2.05, 4.69) is 4.98 Å². The number of nitro groups is 1. The molecule has 3 aromatic rings. The van der Waals surface area contributed by atoms with E-state index in [0.717, 1.165) is 18.5 Å². The number of hydrogen-bond acceptors (Lipinski definition) is 5. The Morgan fingerprint density at radius 3 is 2.82 bits per heavy atom. The van der Waals surface area contributed by atoms with Gasteiger partial charge in [-0.3, -0.25) is 19.9 Å². The molecular weight excluding hydrogens is 382 g/mol. The summed E-state index contributed by atoms with van der Waals surface area (Å²) in [6, 6.07) is 13.0. The number of benzene rings is 1. The number of furan rings is 1. The molecule has 0 radical (unpaired) electrons. The van der Waals surface area contributed by atoms with Crippen LogP contribution in [0.15, 0.2) is 59.1 Å². The average molecular weight is 398 g/mol. The molecule has 142 valence electrons. The zero-order valence-electron chi connectivity index (χ0n) is 14.7. The van der Waals surface area contributed by atoms with Gasteiger partial charge in [-0.2, -0.15) is 0 Å². The topological polar surface area (TPSA) is 89.5 Å². The van der Waals surface area contributed by atoms with Gasteiger partial charge in [0.25, 0.3) is 11.6 Å². The molecular formula is C20H16ClN3O4. The first-order valence-corrected chi connectivity index (χ1v) is 9.18. The first-order valence-electron chi connectivity index (χ1n) is 8.80. The van der Waals surface area contributed by atoms with Gasteiger partial charge >= 0.3 is 0 Å². The van der Waals surface area contributed by atoms with E-state index in [4.69, 9.17) is 16.0 Å². The van der Waals surface area contributed by atoms with E-state index >= 15 is 0 Å². The van der Waals surface area contributed by atoms with Crippen LogP contribution in [-0.2, 0) is 0 Å². The summed E-state index contributed by atoms with van der Waals surface area (Å²) < 4.78 is 5.74. The van der Waals surface area contributed by atoms with Crippen LogP contribution in [0.1, 0.15) is 35.1 Å². The minimum Gasteiger partial charge on any atom is -0.451 e. The molecule has 4 rings (SSSR count). The van der Waals surface area contributed by atoms with Crippen LogP contribution >= 0.6 is 11.6 Å². The molecule has 3 heterocycles. The van der Waals surface area contributed by atoms with Crippen molar-refractivity contribution in [3.05, 3.63) is 81.3 Å². The molecule has 0 bridgehead atoms. The van der Waals surface area contributed by atoms with Crippen molar-refractivity contribution < 1.29 is 14.1 Å². The molecule has 28 heavy (non-hydrogen) atoms. The highest BCUT2D eigenvalue weighted by atomic mass is 35.5. The van der Waals surface area contributed by atoms with Crippen molar-refractivity contribution in [1.82, 2.24) is 9.88 Å². The number of nitrogens with zero attached hydrogens (tertiary/aromatic N) is 3. The minimum atomic E-state index is -0.516. The summed E-state index contributed by atoms with van der Waals surface area (Å²) in [5.74, 6) is 0.376. The Morgan fingerprint density at radius 2 is 2.11 bits per heavy atom. The van der Waals surface area contributed by atoms with Gasteiger partial charge in [0.2, 0.25) is 0 Å². The first kappa shape index (κ1) is 18.2. The SMILES string of the molecule is O=C(c1ccc(-c2ccc([N+](=O)[O-])cc2Cl)o1)N1CCCC1c1ccccn1. The van der Waals surface area contributed by atoms with Crippen molar-refractivity contribution in [2.24, 2.45) is 0 Å². The second kappa shape index (κ2) is 7.44. The lowest BCUT2D eigenvalue weighted by Gasteiger charge is -2.23. The molecule has 0 aliphatic carbocycles. The Morgan fingerprint density at radius 1 is 1.25 bits per heavy atom. The number of rotatable bonds is 4. The summed E-state index contributed by atoms with van der Waals surface area (Å²) in [7, 11) is 0. The molecule has 8 heteroatoms. The zero-order chi connectivity index (χ0) is 19.7. The predicted molar refractivity (Wildman–Crippen MR) is 103 cm³/mol. The Kier molecular flexibility index (Phi) is 4.83. The summed E-state index contributed by atoms with van der Waals surface area (Å²) in [6.07, 6.45) is 3.47. The van der Waals surface area contributed by atoms with E-state index in [1.54, 1.807) is 23.2 Å². The second-order valence-electron chi connectivity index (χ2n) is 6.50. The van der Waals surface area contributed by atoms with Crippen molar-refractivity contribution in [3.63, 3.8) is 0 Å². The average Bonchev–Trinajstić information content (AvgIpc) is 3.38. The molecule has 1 aliphatic rings. The van der Waals surface area contributed by atoms with E-state index in [-0.39, 0.29) is 28.4 Å². The summed E-state index contributed by atoms with van der Waals surface area (Å²) in [5, 5.41) is 11.0. The largest absolute Gasteiger partial charge is 0.451 e. The quantitative estimate of drug-likeness (QED) is 0.462. The normalized spacial score (nSPS) is 16.3. The minimum absolute atomic E-state index is 0.0785. The molecule has 1 saturated heterocycles. The number of likely N-dealkylation sites (tertiary alicyclic amines) is 1. The molecule has 2 aromatic heterocycles. The molecule has 1 unspecified atom stereocenters. The van der Waals surface area contributed by atoms with Gasteiger partial charge in [-0.05, 0) is 43.2 Å². The van der Waals surface area contributed by atoms with Gasteiger partial charge < -0.3 is 9.32 Å². The molecule has 1 fully saturated rings. The summed E-state index contributed by atoms with van der Waals surface area (Å²) in [5.41, 5.74) is 1.25. The fraction of sp³-hybridized carbons (Fsp3) is 0.200. The Hall–Kier alpha value is -3.19. The molecule has 0 saturated carbocycles. The lowest BCUT2D eigenvalue weighted by atomic mass is 10.1. The maximum Gasteiger partial charge on any atom is 0.290 e. The third-order valence-electron chi connectivity index (χ3n) is 4.79. The van der Waals surface area contributed by atoms with E-state index in [1.165, 1.54) is 18.2 Å².